The lowest BCUT2D eigenvalue weighted by atomic mass is 9.80. The van der Waals surface area contributed by atoms with Gasteiger partial charge < -0.3 is 5.11 Å². The highest BCUT2D eigenvalue weighted by atomic mass is 16.3. The fourth-order valence-electron chi connectivity index (χ4n) is 8.65. The first-order valence-corrected chi connectivity index (χ1v) is 22.4. The summed E-state index contributed by atoms with van der Waals surface area (Å²) in [6.45, 7) is 22.5. The van der Waals surface area contributed by atoms with E-state index in [1.54, 1.807) is 18.3 Å². The number of aromatic nitrogens is 3. The van der Waals surface area contributed by atoms with Crippen molar-refractivity contribution in [2.45, 2.75) is 118 Å². The molecular weight excluding hydrogens is 779 g/mol. The molecule has 0 saturated heterocycles. The summed E-state index contributed by atoms with van der Waals surface area (Å²) in [4.78, 5) is 10.3. The molecular formula is C60H65N3O. The van der Waals surface area contributed by atoms with Crippen molar-refractivity contribution in [3.8, 4) is 67.5 Å². The third-order valence-electron chi connectivity index (χ3n) is 12.3. The van der Waals surface area contributed by atoms with Gasteiger partial charge in [-0.15, -0.1) is 0 Å². The maximum absolute atomic E-state index is 12.3. The maximum atomic E-state index is 12.3. The predicted octanol–water partition coefficient (Wildman–Crippen LogP) is 16.7. The largest absolute Gasteiger partial charge is 0.507 e. The molecule has 0 fully saturated rings. The van der Waals surface area contributed by atoms with Gasteiger partial charge in [-0.2, -0.15) is 0 Å². The van der Waals surface area contributed by atoms with E-state index in [0.29, 0.717) is 28.2 Å². The Morgan fingerprint density at radius 1 is 0.625 bits per heavy atom. The average Bonchev–Trinajstić information content (AvgIpc) is 3.69. The molecule has 0 aliphatic carbocycles. The minimum Gasteiger partial charge on any atom is -0.507 e. The van der Waals surface area contributed by atoms with E-state index in [-0.39, 0.29) is 34.0 Å². The quantitative estimate of drug-likeness (QED) is 0.157. The molecule has 0 unspecified atom stereocenters. The number of phenols is 1. The highest BCUT2D eigenvalue weighted by molar-refractivity contribution is 5.97. The van der Waals surface area contributed by atoms with Crippen LogP contribution in [0.15, 0.2) is 133 Å². The molecule has 8 rings (SSSR count). The number of phenolic OH excluding ortho intramolecular Hbond substituents is 1. The monoisotopic (exact) mass is 852 g/mol. The molecule has 0 amide bonds. The molecule has 4 heteroatoms. The van der Waals surface area contributed by atoms with Crippen LogP contribution in [0.1, 0.15) is 145 Å². The third-order valence-corrected chi connectivity index (χ3v) is 12.3. The van der Waals surface area contributed by atoms with Gasteiger partial charge in [0, 0.05) is 28.5 Å². The number of hydrogen-bond acceptors (Lipinski definition) is 3. The number of aromatic hydroxyl groups is 1. The smallest absolute Gasteiger partial charge is 0.149 e. The van der Waals surface area contributed by atoms with Crippen molar-refractivity contribution < 1.29 is 16.1 Å². The molecule has 0 saturated carbocycles. The summed E-state index contributed by atoms with van der Waals surface area (Å²) in [6.07, 6.45) is 1.56. The van der Waals surface area contributed by atoms with E-state index in [1.165, 1.54) is 5.56 Å². The Morgan fingerprint density at radius 3 is 2.02 bits per heavy atom. The zero-order chi connectivity index (χ0) is 52.7. The van der Waals surface area contributed by atoms with Gasteiger partial charge in [0.1, 0.15) is 11.6 Å². The van der Waals surface area contributed by atoms with Crippen molar-refractivity contribution in [2.24, 2.45) is 0 Å². The summed E-state index contributed by atoms with van der Waals surface area (Å²) in [5, 5.41) is 12.3. The van der Waals surface area contributed by atoms with E-state index in [4.69, 9.17) is 19.6 Å². The van der Waals surface area contributed by atoms with E-state index >= 15 is 0 Å². The van der Waals surface area contributed by atoms with Crippen molar-refractivity contribution in [3.63, 3.8) is 0 Å². The highest BCUT2D eigenvalue weighted by Crippen LogP contribution is 2.45. The van der Waals surface area contributed by atoms with E-state index < -0.39 is 42.5 Å². The summed E-state index contributed by atoms with van der Waals surface area (Å²) >= 11 is 0. The fraction of sp³-hybridized carbons (Fsp3) is 0.300. The Hall–Kier alpha value is -6.26. The van der Waals surface area contributed by atoms with Gasteiger partial charge in [-0.3, -0.25) is 9.55 Å². The van der Waals surface area contributed by atoms with Crippen LogP contribution in [0.5, 0.6) is 5.75 Å². The second-order valence-electron chi connectivity index (χ2n) is 20.0. The van der Waals surface area contributed by atoms with Crippen LogP contribution in [0.3, 0.4) is 0 Å². The number of hydrogen-bond donors (Lipinski definition) is 1. The van der Waals surface area contributed by atoms with E-state index in [9.17, 15) is 6.48 Å². The minimum absolute atomic E-state index is 0.00879. The van der Waals surface area contributed by atoms with Crippen LogP contribution < -0.4 is 0 Å². The lowest BCUT2D eigenvalue weighted by Gasteiger charge is -2.25. The Kier molecular flexibility index (Phi) is 9.35. The first kappa shape index (κ1) is 35.1. The van der Waals surface area contributed by atoms with Crippen LogP contribution in [0.2, 0.25) is 0 Å². The molecule has 0 radical (unpaired) electrons. The van der Waals surface area contributed by atoms with Gasteiger partial charge in [-0.1, -0.05) is 167 Å². The van der Waals surface area contributed by atoms with Crippen molar-refractivity contribution in [2.75, 3.05) is 0 Å². The van der Waals surface area contributed by atoms with Crippen LogP contribution in [-0.4, -0.2) is 19.6 Å². The van der Waals surface area contributed by atoms with Gasteiger partial charge >= 0.3 is 0 Å². The van der Waals surface area contributed by atoms with Gasteiger partial charge in [0.25, 0.3) is 0 Å². The van der Waals surface area contributed by atoms with Gasteiger partial charge in [-0.05, 0) is 140 Å². The minimum atomic E-state index is -2.83. The Morgan fingerprint density at radius 2 is 1.34 bits per heavy atom. The lowest BCUT2D eigenvalue weighted by Crippen LogP contribution is -2.13. The molecule has 6 aromatic carbocycles. The molecule has 2 aromatic heterocycles. The van der Waals surface area contributed by atoms with E-state index in [1.807, 2.05) is 38.1 Å². The second kappa shape index (κ2) is 17.0. The number of benzene rings is 6. The number of fused-ring (bicyclic) bond motifs is 1. The molecule has 0 atom stereocenters. The molecule has 326 valence electrons. The Labute approximate surface area is 393 Å². The number of pyridine rings is 1. The SMILES string of the molecule is [2H]c1c([2H])c(C([2H])([2H])[2H])c([2H])c([2H])c1-c1ccnc(-c2cc(-c3cccc4c3nc(-c3cc(C(C)C)cc(C(C)C)c3O)n4-c3ccc(-c4ccccc4C(C)(C)C)c(C([2H])(C)C)c3)cc(C(C)(C)C)c2)c1. The van der Waals surface area contributed by atoms with Crippen LogP contribution in [0.25, 0.3) is 72.7 Å². The number of para-hydroxylation sites is 1. The first-order valence-electron chi connectivity index (χ1n) is 26.4. The molecule has 0 spiro atoms. The molecule has 1 N–H and O–H groups in total. The number of imidazole rings is 1. The zero-order valence-electron chi connectivity index (χ0n) is 47.3. The third kappa shape index (κ3) is 8.55. The normalized spacial score (nSPS) is 14.5. The highest BCUT2D eigenvalue weighted by Gasteiger charge is 2.26. The predicted molar refractivity (Wildman–Crippen MR) is 272 cm³/mol. The van der Waals surface area contributed by atoms with E-state index in [0.717, 1.165) is 61.3 Å². The van der Waals surface area contributed by atoms with Crippen LogP contribution in [0, 0.1) is 6.85 Å². The summed E-state index contributed by atoms with van der Waals surface area (Å²) in [5.74, 6) is -0.0905. The summed E-state index contributed by atoms with van der Waals surface area (Å²) in [7, 11) is 0. The molecule has 64 heavy (non-hydrogen) atoms. The first-order chi connectivity index (χ1) is 33.5. The Balaban J connectivity index is 1.41. The summed E-state index contributed by atoms with van der Waals surface area (Å²) in [6, 6.07) is 32.6. The molecule has 0 aliphatic rings. The molecule has 8 aromatic rings. The van der Waals surface area contributed by atoms with Crippen LogP contribution in [0.4, 0.5) is 0 Å². The lowest BCUT2D eigenvalue weighted by molar-refractivity contribution is 0.466. The fourth-order valence-corrected chi connectivity index (χ4v) is 8.65. The van der Waals surface area contributed by atoms with Crippen molar-refractivity contribution >= 4 is 11.0 Å². The van der Waals surface area contributed by atoms with Gasteiger partial charge in [0.2, 0.25) is 0 Å². The van der Waals surface area contributed by atoms with Gasteiger partial charge in [0.15, 0.2) is 0 Å². The number of nitrogens with zero attached hydrogens (tertiary/aromatic N) is 3. The second-order valence-corrected chi connectivity index (χ2v) is 20.0. The topological polar surface area (TPSA) is 50.9 Å². The van der Waals surface area contributed by atoms with Crippen molar-refractivity contribution in [1.82, 2.24) is 14.5 Å². The standard InChI is InChI=1S/C60H65N3O/c1-36(2)42-32-51(38(5)6)57(64)52(33-42)58-62-56-47(43-29-44(31-45(30-43)59(8,9)10)54-34-41(27-28-61-54)40-23-21-39(7)22-24-40)18-16-20-55(56)63(58)46-25-26-48(50(35-46)37(3)4)49-17-14-15-19-53(49)60(11,12)13/h14-38,64H,1-13H3/i7D3,21D,22D,23D,24D,37D. The van der Waals surface area contributed by atoms with Gasteiger partial charge in [0.05, 0.1) is 27.8 Å². The molecule has 0 aliphatic heterocycles. The zero-order valence-corrected chi connectivity index (χ0v) is 39.3. The van der Waals surface area contributed by atoms with Crippen LogP contribution in [-0.2, 0) is 10.8 Å². The molecule has 2 heterocycles. The van der Waals surface area contributed by atoms with Crippen molar-refractivity contribution in [3.05, 3.63) is 167 Å². The molecule has 4 nitrogen and oxygen atoms in total. The summed E-state index contributed by atoms with van der Waals surface area (Å²) in [5.41, 5.74) is 12.1. The number of rotatable bonds is 9. The average molecular weight is 852 g/mol. The summed E-state index contributed by atoms with van der Waals surface area (Å²) < 4.78 is 70.4. The van der Waals surface area contributed by atoms with Gasteiger partial charge in [-0.25, -0.2) is 4.98 Å². The van der Waals surface area contributed by atoms with Crippen molar-refractivity contribution in [1.29, 1.82) is 0 Å². The van der Waals surface area contributed by atoms with E-state index in [2.05, 4.69) is 141 Å². The maximum Gasteiger partial charge on any atom is 0.149 e. The Bertz CT molecular complexity index is 3390. The van der Waals surface area contributed by atoms with Crippen LogP contribution >= 0.6 is 0 Å². The molecule has 0 bridgehead atoms.